The molecule has 1 unspecified atom stereocenters. The molecule has 0 aliphatic rings. The first-order chi connectivity index (χ1) is 10.5. The zero-order valence-electron chi connectivity index (χ0n) is 12.7. The fourth-order valence-electron chi connectivity index (χ4n) is 1.80. The monoisotopic (exact) mass is 359 g/mol. The first-order valence-corrected chi connectivity index (χ1v) is 8.50. The third-order valence-electron chi connectivity index (χ3n) is 2.81. The van der Waals surface area contributed by atoms with Crippen molar-refractivity contribution >= 4 is 23.4 Å². The van der Waals surface area contributed by atoms with Crippen LogP contribution in [0.1, 0.15) is 55.8 Å². The van der Waals surface area contributed by atoms with Crippen LogP contribution in [0.5, 0.6) is 0 Å². The summed E-state index contributed by atoms with van der Waals surface area (Å²) in [6.45, 7) is 5.64. The molecule has 0 saturated carbocycles. The number of hydrogen-bond donors (Lipinski definition) is 2. The molecular formula is C12H20BF4N2O3S-. The summed E-state index contributed by atoms with van der Waals surface area (Å²) >= 11 is 0. The Balaban J connectivity index is 0.000000841. The van der Waals surface area contributed by atoms with Gasteiger partial charge in [-0.2, -0.15) is 8.42 Å². The summed E-state index contributed by atoms with van der Waals surface area (Å²) in [5.74, 6) is 0.281. The fourth-order valence-corrected chi connectivity index (χ4v) is 2.67. The summed E-state index contributed by atoms with van der Waals surface area (Å²) in [5, 5.41) is -0.969. The smallest absolute Gasteiger partial charge is 0.418 e. The number of nitrogens with zero attached hydrogens (tertiary/aromatic N) is 1. The van der Waals surface area contributed by atoms with Gasteiger partial charge in [0.1, 0.15) is 11.1 Å². The van der Waals surface area contributed by atoms with Crippen molar-refractivity contribution in [1.29, 1.82) is 0 Å². The minimum atomic E-state index is -6.00. The largest absolute Gasteiger partial charge is 0.673 e. The minimum Gasteiger partial charge on any atom is -0.418 e. The van der Waals surface area contributed by atoms with Crippen molar-refractivity contribution in [3.05, 3.63) is 24.3 Å². The second kappa shape index (κ2) is 9.71. The first kappa shape index (κ1) is 21.6. The average molecular weight is 359 g/mol. The zero-order chi connectivity index (χ0) is 18.1. The molecule has 1 atom stereocenters. The summed E-state index contributed by atoms with van der Waals surface area (Å²) in [4.78, 5) is 6.86. The van der Waals surface area contributed by atoms with E-state index >= 15 is 0 Å². The van der Waals surface area contributed by atoms with Crippen LogP contribution in [-0.4, -0.2) is 30.2 Å². The Hall–Kier alpha value is -1.36. The lowest BCUT2D eigenvalue weighted by atomic mass is 10.1. The molecule has 1 heterocycles. The first-order valence-electron chi connectivity index (χ1n) is 7.00. The van der Waals surface area contributed by atoms with Gasteiger partial charge in [-0.25, -0.2) is 4.98 Å². The highest BCUT2D eigenvalue weighted by Gasteiger charge is 2.27. The van der Waals surface area contributed by atoms with Crippen molar-refractivity contribution in [3.8, 4) is 0 Å². The fraction of sp³-hybridized carbons (Fsp3) is 0.583. The van der Waals surface area contributed by atoms with Gasteiger partial charge in [0.15, 0.2) is 0 Å². The van der Waals surface area contributed by atoms with Crippen LogP contribution < -0.4 is 0 Å². The number of imidazole rings is 1. The summed E-state index contributed by atoms with van der Waals surface area (Å²) in [6, 6.07) is 0. The van der Waals surface area contributed by atoms with E-state index in [1.54, 1.807) is 6.20 Å². The maximum atomic E-state index is 11.4. The number of aromatic amines is 1. The quantitative estimate of drug-likeness (QED) is 0.315. The van der Waals surface area contributed by atoms with Crippen molar-refractivity contribution in [3.63, 3.8) is 0 Å². The van der Waals surface area contributed by atoms with Gasteiger partial charge in [0.25, 0.3) is 10.1 Å². The van der Waals surface area contributed by atoms with Crippen molar-refractivity contribution < 1.29 is 30.2 Å². The number of unbranched alkanes of at least 4 members (excludes halogenated alkanes) is 3. The maximum Gasteiger partial charge on any atom is 0.673 e. The second-order valence-corrected chi connectivity index (χ2v) is 6.36. The molecule has 0 aromatic carbocycles. The second-order valence-electron chi connectivity index (χ2n) is 4.76. The lowest BCUT2D eigenvalue weighted by Crippen LogP contribution is -2.14. The van der Waals surface area contributed by atoms with Crippen molar-refractivity contribution in [2.75, 3.05) is 0 Å². The average Bonchev–Trinajstić information content (AvgIpc) is 2.83. The van der Waals surface area contributed by atoms with E-state index in [9.17, 15) is 30.2 Å². The molecule has 1 rings (SSSR count). The van der Waals surface area contributed by atoms with Crippen LogP contribution in [0.4, 0.5) is 17.3 Å². The Kier molecular flexibility index (Phi) is 9.14. The SMILES string of the molecule is C=Cc1c[nH]c(C(CCCCCC)S(=O)(=O)O)n1.F[B-](F)(F)F. The standard InChI is InChI=1S/C12H20N2O3S.BF4/c1-3-5-6-7-8-11(18(15,16)17)12-13-9-10(4-2)14-12;2-1(3,4)5/h4,9,11H,2-3,5-8H2,1H3,(H,13,14)(H,15,16,17);/q;-1. The zero-order valence-corrected chi connectivity index (χ0v) is 13.5. The van der Waals surface area contributed by atoms with Crippen LogP contribution in [0.3, 0.4) is 0 Å². The Morgan fingerprint density at radius 3 is 2.30 bits per heavy atom. The number of nitrogens with one attached hydrogen (secondary N) is 1. The highest BCUT2D eigenvalue weighted by Crippen LogP contribution is 2.25. The summed E-state index contributed by atoms with van der Waals surface area (Å²) in [7, 11) is -10.1. The third-order valence-corrected chi connectivity index (χ3v) is 3.99. The van der Waals surface area contributed by atoms with E-state index in [1.165, 1.54) is 6.08 Å². The normalized spacial score (nSPS) is 13.1. The molecule has 0 aliphatic carbocycles. The van der Waals surface area contributed by atoms with E-state index in [1.807, 2.05) is 0 Å². The Labute approximate surface area is 133 Å². The molecule has 134 valence electrons. The van der Waals surface area contributed by atoms with E-state index in [0.29, 0.717) is 12.1 Å². The molecule has 23 heavy (non-hydrogen) atoms. The van der Waals surface area contributed by atoms with Crippen LogP contribution in [0, 0.1) is 0 Å². The van der Waals surface area contributed by atoms with E-state index in [-0.39, 0.29) is 5.82 Å². The van der Waals surface area contributed by atoms with E-state index in [0.717, 1.165) is 25.7 Å². The van der Waals surface area contributed by atoms with Crippen LogP contribution in [0.25, 0.3) is 6.08 Å². The molecule has 0 fully saturated rings. The Morgan fingerprint density at radius 2 is 1.91 bits per heavy atom. The molecular weight excluding hydrogens is 339 g/mol. The highest BCUT2D eigenvalue weighted by atomic mass is 32.2. The van der Waals surface area contributed by atoms with Crippen molar-refractivity contribution in [2.45, 2.75) is 44.3 Å². The van der Waals surface area contributed by atoms with Crippen LogP contribution in [-0.2, 0) is 10.1 Å². The molecule has 1 aromatic rings. The Morgan fingerprint density at radius 1 is 1.35 bits per heavy atom. The summed E-state index contributed by atoms with van der Waals surface area (Å²) in [5.41, 5.74) is 0.576. The molecule has 1 aromatic heterocycles. The number of aromatic nitrogens is 2. The van der Waals surface area contributed by atoms with Crippen molar-refractivity contribution in [2.24, 2.45) is 0 Å². The summed E-state index contributed by atoms with van der Waals surface area (Å²) < 4.78 is 71.0. The van der Waals surface area contributed by atoms with E-state index in [2.05, 4.69) is 23.5 Å². The van der Waals surface area contributed by atoms with Gasteiger partial charge in [0.05, 0.1) is 5.69 Å². The number of H-pyrrole nitrogens is 1. The van der Waals surface area contributed by atoms with E-state index < -0.39 is 22.6 Å². The maximum absolute atomic E-state index is 11.4. The van der Waals surface area contributed by atoms with Gasteiger partial charge in [0, 0.05) is 6.20 Å². The number of rotatable bonds is 8. The van der Waals surface area contributed by atoms with E-state index in [4.69, 9.17) is 0 Å². The highest BCUT2D eigenvalue weighted by molar-refractivity contribution is 7.86. The van der Waals surface area contributed by atoms with Crippen LogP contribution in [0.15, 0.2) is 12.8 Å². The van der Waals surface area contributed by atoms with Crippen LogP contribution >= 0.6 is 0 Å². The molecule has 11 heteroatoms. The third kappa shape index (κ3) is 10.9. The van der Waals surface area contributed by atoms with Gasteiger partial charge < -0.3 is 22.2 Å². The molecule has 0 bridgehead atoms. The van der Waals surface area contributed by atoms with Crippen LogP contribution in [0.2, 0.25) is 0 Å². The molecule has 0 amide bonds. The lowest BCUT2D eigenvalue weighted by Gasteiger charge is -2.10. The van der Waals surface area contributed by atoms with Gasteiger partial charge in [-0.1, -0.05) is 39.2 Å². The van der Waals surface area contributed by atoms with Crippen molar-refractivity contribution in [1.82, 2.24) is 9.97 Å². The van der Waals surface area contributed by atoms with Gasteiger partial charge in [0.2, 0.25) is 0 Å². The van der Waals surface area contributed by atoms with Gasteiger partial charge in [-0.15, -0.1) is 0 Å². The minimum absolute atomic E-state index is 0.281. The van der Waals surface area contributed by atoms with Gasteiger partial charge in [-0.3, -0.25) is 4.55 Å². The lowest BCUT2D eigenvalue weighted by molar-refractivity contribution is 0.368. The predicted molar refractivity (Wildman–Crippen MR) is 81.9 cm³/mol. The molecule has 0 saturated heterocycles. The predicted octanol–water partition coefficient (Wildman–Crippen LogP) is 4.25. The Bertz CT molecular complexity index is 569. The molecule has 0 radical (unpaired) electrons. The summed E-state index contributed by atoms with van der Waals surface area (Å²) in [6.07, 6.45) is 7.33. The van der Waals surface area contributed by atoms with Gasteiger partial charge in [-0.05, 0) is 12.5 Å². The van der Waals surface area contributed by atoms with Gasteiger partial charge >= 0.3 is 7.25 Å². The number of hydrogen-bond acceptors (Lipinski definition) is 3. The topological polar surface area (TPSA) is 83.0 Å². The molecule has 5 nitrogen and oxygen atoms in total. The molecule has 0 spiro atoms. The number of halogens is 4. The molecule has 2 N–H and O–H groups in total. The molecule has 0 aliphatic heterocycles.